The minimum atomic E-state index is -0.375. The van der Waals surface area contributed by atoms with Crippen LogP contribution in [0.4, 0.5) is 11.4 Å². The second-order valence-electron chi connectivity index (χ2n) is 5.89. The minimum absolute atomic E-state index is 0.104. The number of nitro benzene ring substituents is 1. The van der Waals surface area contributed by atoms with Gasteiger partial charge in [0.15, 0.2) is 0 Å². The van der Waals surface area contributed by atoms with Crippen LogP contribution in [0.1, 0.15) is 19.4 Å². The molecule has 0 unspecified atom stereocenters. The topological polar surface area (TPSA) is 49.6 Å². The van der Waals surface area contributed by atoms with Crippen molar-refractivity contribution in [1.29, 1.82) is 0 Å². The number of hydrogen-bond acceptors (Lipinski definition) is 4. The summed E-state index contributed by atoms with van der Waals surface area (Å²) in [5, 5.41) is 10.8. The molecule has 0 radical (unpaired) electrons. The molecule has 0 atom stereocenters. The van der Waals surface area contributed by atoms with Crippen LogP contribution in [0.2, 0.25) is 0 Å². The molecule has 0 aliphatic carbocycles. The first-order valence-electron chi connectivity index (χ1n) is 7.32. The van der Waals surface area contributed by atoms with E-state index in [0.717, 1.165) is 44.0 Å². The Balaban J connectivity index is 2.07. The van der Waals surface area contributed by atoms with E-state index in [-0.39, 0.29) is 10.6 Å². The van der Waals surface area contributed by atoms with Gasteiger partial charge in [0.05, 0.1) is 4.92 Å². The van der Waals surface area contributed by atoms with Crippen LogP contribution in [-0.2, 0) is 5.88 Å². The van der Waals surface area contributed by atoms with Gasteiger partial charge in [0.2, 0.25) is 0 Å². The molecule has 0 aromatic heterocycles. The lowest BCUT2D eigenvalue weighted by Crippen LogP contribution is -2.47. The maximum absolute atomic E-state index is 10.8. The Kier molecular flexibility index (Phi) is 5.42. The van der Waals surface area contributed by atoms with Gasteiger partial charge in [-0.1, -0.05) is 13.8 Å². The second kappa shape index (κ2) is 7.09. The zero-order chi connectivity index (χ0) is 15.4. The van der Waals surface area contributed by atoms with Gasteiger partial charge in [-0.3, -0.25) is 15.0 Å². The second-order valence-corrected chi connectivity index (χ2v) is 6.15. The summed E-state index contributed by atoms with van der Waals surface area (Å²) in [7, 11) is 0. The molecule has 1 aliphatic rings. The number of piperazine rings is 1. The molecule has 0 amide bonds. The van der Waals surface area contributed by atoms with Crippen molar-refractivity contribution in [3.05, 3.63) is 33.9 Å². The number of hydrogen-bond donors (Lipinski definition) is 0. The SMILES string of the molecule is CC(C)CN1CCN(c2ccc([N+](=O)[O-])cc2CCl)CC1. The monoisotopic (exact) mass is 311 g/mol. The fourth-order valence-electron chi connectivity index (χ4n) is 2.79. The summed E-state index contributed by atoms with van der Waals surface area (Å²) < 4.78 is 0. The Morgan fingerprint density at radius 3 is 2.48 bits per heavy atom. The van der Waals surface area contributed by atoms with Crippen LogP contribution in [0.15, 0.2) is 18.2 Å². The maximum atomic E-state index is 10.8. The zero-order valence-corrected chi connectivity index (χ0v) is 13.3. The molecule has 21 heavy (non-hydrogen) atoms. The van der Waals surface area contributed by atoms with Crippen LogP contribution >= 0.6 is 11.6 Å². The number of non-ortho nitro benzene ring substituents is 1. The summed E-state index contributed by atoms with van der Waals surface area (Å²) >= 11 is 5.97. The molecular weight excluding hydrogens is 290 g/mol. The molecule has 1 aromatic rings. The van der Waals surface area contributed by atoms with Gasteiger partial charge in [-0.05, 0) is 17.5 Å². The first-order valence-corrected chi connectivity index (χ1v) is 7.85. The summed E-state index contributed by atoms with van der Waals surface area (Å²) in [6.45, 7) is 9.51. The van der Waals surface area contributed by atoms with Crippen LogP contribution in [-0.4, -0.2) is 42.5 Å². The van der Waals surface area contributed by atoms with Gasteiger partial charge in [-0.25, -0.2) is 0 Å². The normalized spacial score (nSPS) is 16.5. The average Bonchev–Trinajstić information content (AvgIpc) is 2.46. The number of anilines is 1. The third kappa shape index (κ3) is 4.08. The van der Waals surface area contributed by atoms with E-state index >= 15 is 0 Å². The van der Waals surface area contributed by atoms with Crippen molar-refractivity contribution in [2.24, 2.45) is 5.92 Å². The summed E-state index contributed by atoms with van der Waals surface area (Å²) in [6.07, 6.45) is 0. The first kappa shape index (κ1) is 16.0. The van der Waals surface area contributed by atoms with E-state index in [9.17, 15) is 10.1 Å². The van der Waals surface area contributed by atoms with E-state index in [0.29, 0.717) is 11.8 Å². The highest BCUT2D eigenvalue weighted by molar-refractivity contribution is 6.17. The molecule has 0 spiro atoms. The Labute approximate surface area is 130 Å². The molecule has 0 bridgehead atoms. The maximum Gasteiger partial charge on any atom is 0.269 e. The molecule has 2 rings (SSSR count). The number of nitro groups is 1. The molecule has 5 nitrogen and oxygen atoms in total. The number of alkyl halides is 1. The van der Waals surface area contributed by atoms with Gasteiger partial charge in [0.1, 0.15) is 0 Å². The van der Waals surface area contributed by atoms with Crippen molar-refractivity contribution in [1.82, 2.24) is 4.90 Å². The molecule has 1 heterocycles. The highest BCUT2D eigenvalue weighted by atomic mass is 35.5. The molecule has 116 valence electrons. The Morgan fingerprint density at radius 2 is 1.95 bits per heavy atom. The van der Waals surface area contributed by atoms with Gasteiger partial charge < -0.3 is 4.90 Å². The summed E-state index contributed by atoms with van der Waals surface area (Å²) in [5.74, 6) is 0.970. The predicted molar refractivity (Wildman–Crippen MR) is 86.1 cm³/mol. The van der Waals surface area contributed by atoms with Crippen LogP contribution in [0.25, 0.3) is 0 Å². The summed E-state index contributed by atoms with van der Waals surface area (Å²) in [4.78, 5) is 15.2. The van der Waals surface area contributed by atoms with E-state index in [1.54, 1.807) is 12.1 Å². The lowest BCUT2D eigenvalue weighted by Gasteiger charge is -2.37. The highest BCUT2D eigenvalue weighted by Gasteiger charge is 2.20. The van der Waals surface area contributed by atoms with E-state index in [2.05, 4.69) is 23.6 Å². The molecular formula is C15H22ClN3O2. The van der Waals surface area contributed by atoms with Crippen molar-refractivity contribution in [2.75, 3.05) is 37.6 Å². The first-order chi connectivity index (χ1) is 10.0. The van der Waals surface area contributed by atoms with Crippen molar-refractivity contribution >= 4 is 23.0 Å². The number of benzene rings is 1. The molecule has 0 saturated carbocycles. The van der Waals surface area contributed by atoms with Gasteiger partial charge in [0, 0.05) is 56.4 Å². The molecule has 6 heteroatoms. The van der Waals surface area contributed by atoms with Crippen molar-refractivity contribution < 1.29 is 4.92 Å². The van der Waals surface area contributed by atoms with Gasteiger partial charge >= 0.3 is 0 Å². The fourth-order valence-corrected chi connectivity index (χ4v) is 3.00. The third-order valence-electron chi connectivity index (χ3n) is 3.75. The van der Waals surface area contributed by atoms with Crippen LogP contribution in [0.5, 0.6) is 0 Å². The smallest absolute Gasteiger partial charge is 0.269 e. The fraction of sp³-hybridized carbons (Fsp3) is 0.600. The van der Waals surface area contributed by atoms with Crippen molar-refractivity contribution in [3.63, 3.8) is 0 Å². The van der Waals surface area contributed by atoms with E-state index < -0.39 is 0 Å². The van der Waals surface area contributed by atoms with Crippen molar-refractivity contribution in [2.45, 2.75) is 19.7 Å². The number of halogens is 1. The van der Waals surface area contributed by atoms with E-state index in [1.165, 1.54) is 0 Å². The quantitative estimate of drug-likeness (QED) is 0.476. The van der Waals surface area contributed by atoms with Crippen LogP contribution in [0.3, 0.4) is 0 Å². The Hall–Kier alpha value is -1.33. The summed E-state index contributed by atoms with van der Waals surface area (Å²) in [5.41, 5.74) is 1.97. The molecule has 1 fully saturated rings. The third-order valence-corrected chi connectivity index (χ3v) is 4.04. The molecule has 1 aromatic carbocycles. The number of rotatable bonds is 5. The van der Waals surface area contributed by atoms with E-state index in [4.69, 9.17) is 11.6 Å². The zero-order valence-electron chi connectivity index (χ0n) is 12.6. The lowest BCUT2D eigenvalue weighted by molar-refractivity contribution is -0.384. The predicted octanol–water partition coefficient (Wildman–Crippen LogP) is 3.11. The van der Waals surface area contributed by atoms with E-state index in [1.807, 2.05) is 6.07 Å². The Bertz CT molecular complexity index is 500. The number of nitrogens with zero attached hydrogens (tertiary/aromatic N) is 3. The van der Waals surface area contributed by atoms with Gasteiger partial charge in [-0.15, -0.1) is 11.6 Å². The average molecular weight is 312 g/mol. The van der Waals surface area contributed by atoms with Crippen molar-refractivity contribution in [3.8, 4) is 0 Å². The lowest BCUT2D eigenvalue weighted by atomic mass is 10.1. The highest BCUT2D eigenvalue weighted by Crippen LogP contribution is 2.27. The summed E-state index contributed by atoms with van der Waals surface area (Å²) in [6, 6.07) is 4.97. The molecule has 1 saturated heterocycles. The minimum Gasteiger partial charge on any atom is -0.369 e. The van der Waals surface area contributed by atoms with Crippen LogP contribution < -0.4 is 4.90 Å². The standard InChI is InChI=1S/C15H22ClN3O2/c1-12(2)11-17-5-7-18(8-6-17)15-4-3-14(19(20)21)9-13(15)10-16/h3-4,9,12H,5-8,10-11H2,1-2H3. The van der Waals surface area contributed by atoms with Gasteiger partial charge in [-0.2, -0.15) is 0 Å². The molecule has 0 N–H and O–H groups in total. The molecule has 1 aliphatic heterocycles. The van der Waals surface area contributed by atoms with Crippen LogP contribution in [0, 0.1) is 16.0 Å². The Morgan fingerprint density at radius 1 is 1.29 bits per heavy atom. The van der Waals surface area contributed by atoms with Gasteiger partial charge in [0.25, 0.3) is 5.69 Å². The largest absolute Gasteiger partial charge is 0.369 e.